The molecule has 1 aliphatic rings. The molecule has 27 heavy (non-hydrogen) atoms. The normalized spacial score (nSPS) is 13.4. The molecule has 0 unspecified atom stereocenters. The van der Waals surface area contributed by atoms with E-state index in [0.29, 0.717) is 16.1 Å². The van der Waals surface area contributed by atoms with Crippen molar-refractivity contribution in [1.29, 1.82) is 0 Å². The molecule has 2 aromatic rings. The fraction of sp³-hybridized carbons (Fsp3) is 0.350. The van der Waals surface area contributed by atoms with E-state index in [2.05, 4.69) is 10.6 Å². The molecule has 4 N–H and O–H groups in total. The van der Waals surface area contributed by atoms with E-state index in [1.54, 1.807) is 0 Å². The Labute approximate surface area is 168 Å². The summed E-state index contributed by atoms with van der Waals surface area (Å²) >= 11 is 6.81. The second-order valence-corrected chi connectivity index (χ2v) is 8.43. The summed E-state index contributed by atoms with van der Waals surface area (Å²) in [5, 5.41) is 6.50. The van der Waals surface area contributed by atoms with Crippen LogP contribution in [0.5, 0.6) is 0 Å². The zero-order chi connectivity index (χ0) is 19.6. The van der Waals surface area contributed by atoms with Crippen LogP contribution in [0.15, 0.2) is 18.2 Å². The zero-order valence-electron chi connectivity index (χ0n) is 15.5. The van der Waals surface area contributed by atoms with Gasteiger partial charge in [-0.05, 0) is 69.4 Å². The van der Waals surface area contributed by atoms with Gasteiger partial charge in [0.2, 0.25) is 0 Å². The largest absolute Gasteiger partial charge is 0.365 e. The number of benzene rings is 1. The van der Waals surface area contributed by atoms with Gasteiger partial charge in [0.05, 0.1) is 5.56 Å². The lowest BCUT2D eigenvalue weighted by molar-refractivity contribution is 0.0975. The summed E-state index contributed by atoms with van der Waals surface area (Å²) < 4.78 is 0. The minimum Gasteiger partial charge on any atom is -0.365 e. The van der Waals surface area contributed by atoms with Gasteiger partial charge in [0.25, 0.3) is 11.8 Å². The lowest BCUT2D eigenvalue weighted by Gasteiger charge is -2.11. The standard InChI is InChI=1S/C20H23N3O2S2/c1-11-8-12(2)10-13(9-11)18(25)22-20(26)23-19-16(17(21)24)14-6-4-3-5-7-15(14)27-19/h8-10H,3-7H2,1-2H3,(H2,21,24)(H2,22,23,25,26). The molecule has 142 valence electrons. The molecule has 5 nitrogen and oxygen atoms in total. The number of nitrogens with two attached hydrogens (primary N) is 1. The quantitative estimate of drug-likeness (QED) is 0.539. The van der Waals surface area contributed by atoms with Crippen molar-refractivity contribution in [2.24, 2.45) is 5.73 Å². The van der Waals surface area contributed by atoms with Crippen LogP contribution in [-0.2, 0) is 12.8 Å². The first-order chi connectivity index (χ1) is 12.8. The number of thiophene rings is 1. The maximum atomic E-state index is 12.5. The number of hydrogen-bond donors (Lipinski definition) is 3. The fourth-order valence-corrected chi connectivity index (χ4v) is 5.07. The van der Waals surface area contributed by atoms with Crippen LogP contribution in [0.2, 0.25) is 0 Å². The van der Waals surface area contributed by atoms with Crippen LogP contribution < -0.4 is 16.4 Å². The summed E-state index contributed by atoms with van der Waals surface area (Å²) in [7, 11) is 0. The Bertz CT molecular complexity index is 898. The van der Waals surface area contributed by atoms with Crippen LogP contribution in [0, 0.1) is 13.8 Å². The van der Waals surface area contributed by atoms with Crippen molar-refractivity contribution in [1.82, 2.24) is 5.32 Å². The van der Waals surface area contributed by atoms with E-state index in [1.807, 2.05) is 32.0 Å². The average molecular weight is 402 g/mol. The van der Waals surface area contributed by atoms with Crippen molar-refractivity contribution in [3.8, 4) is 0 Å². The SMILES string of the molecule is Cc1cc(C)cc(C(=O)NC(=S)Nc2sc3c(c2C(N)=O)CCCCC3)c1. The molecule has 0 radical (unpaired) electrons. The van der Waals surface area contributed by atoms with Gasteiger partial charge in [0.15, 0.2) is 5.11 Å². The van der Waals surface area contributed by atoms with Gasteiger partial charge in [-0.15, -0.1) is 11.3 Å². The highest BCUT2D eigenvalue weighted by Crippen LogP contribution is 2.37. The molecule has 1 aromatic heterocycles. The molecular formula is C20H23N3O2S2. The van der Waals surface area contributed by atoms with E-state index in [0.717, 1.165) is 48.8 Å². The molecule has 3 rings (SSSR count). The summed E-state index contributed by atoms with van der Waals surface area (Å²) in [6, 6.07) is 5.63. The predicted octanol–water partition coefficient (Wildman–Crippen LogP) is 3.86. The van der Waals surface area contributed by atoms with E-state index >= 15 is 0 Å². The highest BCUT2D eigenvalue weighted by molar-refractivity contribution is 7.80. The Morgan fingerprint density at radius 2 is 1.74 bits per heavy atom. The van der Waals surface area contributed by atoms with E-state index in [4.69, 9.17) is 18.0 Å². The van der Waals surface area contributed by atoms with E-state index in [1.165, 1.54) is 16.2 Å². The van der Waals surface area contributed by atoms with Crippen LogP contribution in [0.1, 0.15) is 61.5 Å². The number of aryl methyl sites for hydroxylation is 3. The van der Waals surface area contributed by atoms with Gasteiger partial charge in [0.1, 0.15) is 5.00 Å². The second-order valence-electron chi connectivity index (χ2n) is 6.92. The molecule has 1 heterocycles. The average Bonchev–Trinajstić information content (AvgIpc) is 2.75. The zero-order valence-corrected chi connectivity index (χ0v) is 17.1. The Morgan fingerprint density at radius 3 is 2.41 bits per heavy atom. The maximum absolute atomic E-state index is 12.5. The summed E-state index contributed by atoms with van der Waals surface area (Å²) in [6.07, 6.45) is 5.13. The van der Waals surface area contributed by atoms with Crippen molar-refractivity contribution >= 4 is 45.5 Å². The smallest absolute Gasteiger partial charge is 0.257 e. The molecule has 0 saturated carbocycles. The number of hydrogen-bond acceptors (Lipinski definition) is 4. The van der Waals surface area contributed by atoms with Gasteiger partial charge in [0, 0.05) is 10.4 Å². The fourth-order valence-electron chi connectivity index (χ4n) is 3.51. The number of rotatable bonds is 3. The Balaban J connectivity index is 1.78. The molecule has 0 bridgehead atoms. The van der Waals surface area contributed by atoms with Crippen molar-refractivity contribution < 1.29 is 9.59 Å². The maximum Gasteiger partial charge on any atom is 0.257 e. The Morgan fingerprint density at radius 1 is 1.07 bits per heavy atom. The van der Waals surface area contributed by atoms with Crippen molar-refractivity contribution in [3.05, 3.63) is 50.9 Å². The van der Waals surface area contributed by atoms with Gasteiger partial charge in [-0.1, -0.05) is 23.6 Å². The third-order valence-electron chi connectivity index (χ3n) is 4.61. The summed E-state index contributed by atoms with van der Waals surface area (Å²) in [6.45, 7) is 3.89. The first-order valence-corrected chi connectivity index (χ1v) is 10.2. The number of primary amides is 1. The molecule has 2 amide bonds. The van der Waals surface area contributed by atoms with Gasteiger partial charge < -0.3 is 11.1 Å². The van der Waals surface area contributed by atoms with Crippen LogP contribution in [0.4, 0.5) is 5.00 Å². The number of amides is 2. The van der Waals surface area contributed by atoms with Gasteiger partial charge in [-0.3, -0.25) is 14.9 Å². The van der Waals surface area contributed by atoms with Crippen LogP contribution in [-0.4, -0.2) is 16.9 Å². The first-order valence-electron chi connectivity index (χ1n) is 9.00. The molecule has 0 aliphatic heterocycles. The number of anilines is 1. The number of carbonyl (C=O) groups excluding carboxylic acids is 2. The van der Waals surface area contributed by atoms with Crippen molar-refractivity contribution in [2.75, 3.05) is 5.32 Å². The second kappa shape index (κ2) is 8.19. The molecule has 1 aliphatic carbocycles. The summed E-state index contributed by atoms with van der Waals surface area (Å²) in [4.78, 5) is 25.7. The summed E-state index contributed by atoms with van der Waals surface area (Å²) in [5.41, 5.74) is 9.76. The number of carbonyl (C=O) groups is 2. The number of fused-ring (bicyclic) bond motifs is 1. The lowest BCUT2D eigenvalue weighted by Crippen LogP contribution is -2.34. The van der Waals surface area contributed by atoms with Gasteiger partial charge in [-0.2, -0.15) is 0 Å². The van der Waals surface area contributed by atoms with Gasteiger partial charge in [-0.25, -0.2) is 0 Å². The van der Waals surface area contributed by atoms with E-state index in [-0.39, 0.29) is 11.0 Å². The minimum absolute atomic E-state index is 0.165. The topological polar surface area (TPSA) is 84.2 Å². The highest BCUT2D eigenvalue weighted by atomic mass is 32.1. The Kier molecular flexibility index (Phi) is 5.92. The molecule has 0 fully saturated rings. The van der Waals surface area contributed by atoms with Gasteiger partial charge >= 0.3 is 0 Å². The van der Waals surface area contributed by atoms with Crippen LogP contribution in [0.25, 0.3) is 0 Å². The van der Waals surface area contributed by atoms with Crippen molar-refractivity contribution in [3.63, 3.8) is 0 Å². The summed E-state index contributed by atoms with van der Waals surface area (Å²) in [5.74, 6) is -0.738. The van der Waals surface area contributed by atoms with Crippen LogP contribution in [0.3, 0.4) is 0 Å². The highest BCUT2D eigenvalue weighted by Gasteiger charge is 2.24. The van der Waals surface area contributed by atoms with Crippen molar-refractivity contribution in [2.45, 2.75) is 46.0 Å². The molecule has 7 heteroatoms. The number of nitrogens with one attached hydrogen (secondary N) is 2. The van der Waals surface area contributed by atoms with Crippen LogP contribution >= 0.6 is 23.6 Å². The molecule has 0 spiro atoms. The monoisotopic (exact) mass is 401 g/mol. The molecule has 0 atom stereocenters. The van der Waals surface area contributed by atoms with E-state index < -0.39 is 5.91 Å². The molecular weight excluding hydrogens is 378 g/mol. The predicted molar refractivity (Wildman–Crippen MR) is 114 cm³/mol. The minimum atomic E-state index is -0.458. The Hall–Kier alpha value is -2.25. The molecule has 0 saturated heterocycles. The third-order valence-corrected chi connectivity index (χ3v) is 6.02. The first kappa shape index (κ1) is 19.5. The van der Waals surface area contributed by atoms with E-state index in [9.17, 15) is 9.59 Å². The third kappa shape index (κ3) is 4.54. The lowest BCUT2D eigenvalue weighted by atomic mass is 10.1. The number of thiocarbonyl (C=S) groups is 1. The molecule has 1 aromatic carbocycles.